The molecule has 0 aliphatic heterocycles. The van der Waals surface area contributed by atoms with Gasteiger partial charge < -0.3 is 14.8 Å². The first-order valence-electron chi connectivity index (χ1n) is 8.21. The van der Waals surface area contributed by atoms with Crippen LogP contribution in [0, 0.1) is 0 Å². The molecular formula is C20H22ClNO4. The van der Waals surface area contributed by atoms with Gasteiger partial charge in [0.25, 0.3) is 5.91 Å². The molecule has 0 unspecified atom stereocenters. The summed E-state index contributed by atoms with van der Waals surface area (Å²) in [5.41, 5.74) is 0.685. The second-order valence-electron chi connectivity index (χ2n) is 6.68. The average Bonchev–Trinajstić information content (AvgIpc) is 2.58. The molecule has 5 nitrogen and oxygen atoms in total. The van der Waals surface area contributed by atoms with Crippen LogP contribution in [0.1, 0.15) is 36.7 Å². The van der Waals surface area contributed by atoms with E-state index in [-0.39, 0.29) is 6.54 Å². The number of amides is 1. The molecule has 0 atom stereocenters. The fourth-order valence-electron chi connectivity index (χ4n) is 2.15. The van der Waals surface area contributed by atoms with Gasteiger partial charge in [-0.1, -0.05) is 35.9 Å². The van der Waals surface area contributed by atoms with E-state index in [2.05, 4.69) is 5.32 Å². The molecule has 26 heavy (non-hydrogen) atoms. The van der Waals surface area contributed by atoms with Gasteiger partial charge in [0.1, 0.15) is 24.5 Å². The zero-order valence-corrected chi connectivity index (χ0v) is 15.8. The molecule has 2 aromatic carbocycles. The lowest BCUT2D eigenvalue weighted by atomic mass is 10.2. The van der Waals surface area contributed by atoms with E-state index >= 15 is 0 Å². The van der Waals surface area contributed by atoms with Gasteiger partial charge in [-0.25, -0.2) is 0 Å². The van der Waals surface area contributed by atoms with Crippen molar-refractivity contribution in [1.29, 1.82) is 0 Å². The van der Waals surface area contributed by atoms with Crippen molar-refractivity contribution in [2.45, 2.75) is 33.0 Å². The van der Waals surface area contributed by atoms with Crippen LogP contribution in [0.15, 0.2) is 48.5 Å². The smallest absolute Gasteiger partial charge is 0.325 e. The highest BCUT2D eigenvalue weighted by molar-refractivity contribution is 6.30. The number of ether oxygens (including phenoxy) is 2. The Labute approximate surface area is 158 Å². The summed E-state index contributed by atoms with van der Waals surface area (Å²) < 4.78 is 10.9. The lowest BCUT2D eigenvalue weighted by Gasteiger charge is -2.19. The Morgan fingerprint density at radius 3 is 2.35 bits per heavy atom. The van der Waals surface area contributed by atoms with Crippen LogP contribution in [0.2, 0.25) is 5.02 Å². The molecule has 2 aromatic rings. The van der Waals surface area contributed by atoms with E-state index in [0.717, 1.165) is 5.56 Å². The van der Waals surface area contributed by atoms with Crippen molar-refractivity contribution < 1.29 is 19.1 Å². The van der Waals surface area contributed by atoms with Crippen LogP contribution >= 0.6 is 11.6 Å². The normalized spacial score (nSPS) is 10.9. The highest BCUT2D eigenvalue weighted by atomic mass is 35.5. The third-order valence-electron chi connectivity index (χ3n) is 3.25. The van der Waals surface area contributed by atoms with E-state index < -0.39 is 17.5 Å². The standard InChI is InChI=1S/C20H22ClNO4/c1-20(2,3)26-18(23)12-22-19(24)16-6-4-5-7-17(16)25-13-14-8-10-15(21)11-9-14/h4-11H,12-13H2,1-3H3,(H,22,24). The lowest BCUT2D eigenvalue weighted by Crippen LogP contribution is -2.34. The molecular weight excluding hydrogens is 354 g/mol. The van der Waals surface area contributed by atoms with Crippen LogP contribution < -0.4 is 10.1 Å². The van der Waals surface area contributed by atoms with Crippen molar-refractivity contribution >= 4 is 23.5 Å². The summed E-state index contributed by atoms with van der Waals surface area (Å²) in [5.74, 6) is -0.461. The summed E-state index contributed by atoms with van der Waals surface area (Å²) in [7, 11) is 0. The number of rotatable bonds is 6. The molecule has 0 spiro atoms. The first kappa shape index (κ1) is 19.8. The van der Waals surface area contributed by atoms with E-state index in [1.807, 2.05) is 12.1 Å². The van der Waals surface area contributed by atoms with Gasteiger partial charge >= 0.3 is 5.97 Å². The predicted octanol–water partition coefficient (Wildman–Crippen LogP) is 3.99. The number of esters is 1. The number of halogens is 1. The Balaban J connectivity index is 1.97. The Hall–Kier alpha value is -2.53. The van der Waals surface area contributed by atoms with Gasteiger partial charge in [0.05, 0.1) is 5.56 Å². The highest BCUT2D eigenvalue weighted by Crippen LogP contribution is 2.20. The quantitative estimate of drug-likeness (QED) is 0.775. The summed E-state index contributed by atoms with van der Waals surface area (Å²) in [6.45, 7) is 5.40. The fourth-order valence-corrected chi connectivity index (χ4v) is 2.27. The van der Waals surface area contributed by atoms with Gasteiger partial charge in [-0.3, -0.25) is 9.59 Å². The molecule has 0 radical (unpaired) electrons. The van der Waals surface area contributed by atoms with Gasteiger partial charge in [-0.2, -0.15) is 0 Å². The third kappa shape index (κ3) is 6.41. The highest BCUT2D eigenvalue weighted by Gasteiger charge is 2.18. The van der Waals surface area contributed by atoms with Crippen molar-refractivity contribution in [3.63, 3.8) is 0 Å². The summed E-state index contributed by atoms with van der Waals surface area (Å²) in [6, 6.07) is 14.1. The van der Waals surface area contributed by atoms with Crippen molar-refractivity contribution in [3.8, 4) is 5.75 Å². The minimum atomic E-state index is -0.596. The summed E-state index contributed by atoms with van der Waals surface area (Å²) in [5, 5.41) is 3.21. The number of carbonyl (C=O) groups excluding carboxylic acids is 2. The van der Waals surface area contributed by atoms with Crippen molar-refractivity contribution in [1.82, 2.24) is 5.32 Å². The SMILES string of the molecule is CC(C)(C)OC(=O)CNC(=O)c1ccccc1OCc1ccc(Cl)cc1. The van der Waals surface area contributed by atoms with Gasteiger partial charge in [0, 0.05) is 5.02 Å². The van der Waals surface area contributed by atoms with E-state index in [4.69, 9.17) is 21.1 Å². The number of benzene rings is 2. The molecule has 0 bridgehead atoms. The Kier molecular flexibility index (Phi) is 6.64. The summed E-state index contributed by atoms with van der Waals surface area (Å²) in [6.07, 6.45) is 0. The number of hydrogen-bond acceptors (Lipinski definition) is 4. The van der Waals surface area contributed by atoms with Crippen LogP contribution in [0.3, 0.4) is 0 Å². The Bertz CT molecular complexity index is 766. The van der Waals surface area contributed by atoms with Crippen molar-refractivity contribution in [2.24, 2.45) is 0 Å². The molecule has 0 aliphatic rings. The molecule has 0 fully saturated rings. The second kappa shape index (κ2) is 8.72. The molecule has 0 aromatic heterocycles. The predicted molar refractivity (Wildman–Crippen MR) is 100 cm³/mol. The van der Waals surface area contributed by atoms with Crippen LogP contribution in [0.4, 0.5) is 0 Å². The first-order valence-corrected chi connectivity index (χ1v) is 8.59. The number of para-hydroxylation sites is 1. The van der Waals surface area contributed by atoms with E-state index in [9.17, 15) is 9.59 Å². The molecule has 1 amide bonds. The maximum Gasteiger partial charge on any atom is 0.325 e. The first-order chi connectivity index (χ1) is 12.2. The molecule has 0 heterocycles. The fraction of sp³-hybridized carbons (Fsp3) is 0.300. The minimum Gasteiger partial charge on any atom is -0.488 e. The zero-order valence-electron chi connectivity index (χ0n) is 15.0. The number of hydrogen-bond donors (Lipinski definition) is 1. The largest absolute Gasteiger partial charge is 0.488 e. The van der Waals surface area contributed by atoms with Crippen molar-refractivity contribution in [2.75, 3.05) is 6.54 Å². The lowest BCUT2D eigenvalue weighted by molar-refractivity contribution is -0.153. The van der Waals surface area contributed by atoms with Crippen LogP contribution in [0.25, 0.3) is 0 Å². The van der Waals surface area contributed by atoms with Crippen molar-refractivity contribution in [3.05, 3.63) is 64.7 Å². The average molecular weight is 376 g/mol. The Morgan fingerprint density at radius 1 is 1.04 bits per heavy atom. The van der Waals surface area contributed by atoms with Crippen LogP contribution in [-0.2, 0) is 16.1 Å². The monoisotopic (exact) mass is 375 g/mol. The maximum absolute atomic E-state index is 12.4. The number of nitrogens with one attached hydrogen (secondary N) is 1. The van der Waals surface area contributed by atoms with Crippen LogP contribution in [0.5, 0.6) is 5.75 Å². The molecule has 138 valence electrons. The van der Waals surface area contributed by atoms with Gasteiger partial charge in [-0.15, -0.1) is 0 Å². The van der Waals surface area contributed by atoms with Gasteiger partial charge in [-0.05, 0) is 50.6 Å². The molecule has 0 saturated heterocycles. The second-order valence-corrected chi connectivity index (χ2v) is 7.12. The molecule has 1 N–H and O–H groups in total. The maximum atomic E-state index is 12.4. The Morgan fingerprint density at radius 2 is 1.69 bits per heavy atom. The van der Waals surface area contributed by atoms with E-state index in [1.54, 1.807) is 57.2 Å². The topological polar surface area (TPSA) is 64.6 Å². The van der Waals surface area contributed by atoms with E-state index in [0.29, 0.717) is 22.9 Å². The van der Waals surface area contributed by atoms with Gasteiger partial charge in [0.15, 0.2) is 0 Å². The molecule has 6 heteroatoms. The number of carbonyl (C=O) groups is 2. The van der Waals surface area contributed by atoms with E-state index in [1.165, 1.54) is 0 Å². The molecule has 2 rings (SSSR count). The van der Waals surface area contributed by atoms with Gasteiger partial charge in [0.2, 0.25) is 0 Å². The summed E-state index contributed by atoms with van der Waals surface area (Å²) >= 11 is 5.86. The summed E-state index contributed by atoms with van der Waals surface area (Å²) in [4.78, 5) is 24.1. The zero-order chi connectivity index (χ0) is 19.2. The molecule has 0 saturated carbocycles. The minimum absolute atomic E-state index is 0.207. The third-order valence-corrected chi connectivity index (χ3v) is 3.50. The van der Waals surface area contributed by atoms with Crippen LogP contribution in [-0.4, -0.2) is 24.0 Å². The molecule has 0 aliphatic carbocycles.